The Morgan fingerprint density at radius 2 is 1.81 bits per heavy atom. The van der Waals surface area contributed by atoms with E-state index < -0.39 is 12.3 Å². The SMILES string of the molecule is CO/N=C(/C(=O)O)c1cccc(C)c1CO/N=C(\C)C#Cc1ccc(OC(F)(F)F)cc1. The summed E-state index contributed by atoms with van der Waals surface area (Å²) in [4.78, 5) is 21.4. The molecule has 0 spiro atoms. The molecule has 0 saturated carbocycles. The van der Waals surface area contributed by atoms with Crippen molar-refractivity contribution in [3.8, 4) is 17.6 Å². The van der Waals surface area contributed by atoms with Crippen LogP contribution in [0.25, 0.3) is 0 Å². The maximum atomic E-state index is 12.2. The number of ether oxygens (including phenoxy) is 1. The van der Waals surface area contributed by atoms with Gasteiger partial charge < -0.3 is 19.5 Å². The minimum absolute atomic E-state index is 0.0412. The third-order valence-electron chi connectivity index (χ3n) is 3.94. The van der Waals surface area contributed by atoms with Crippen molar-refractivity contribution in [3.63, 3.8) is 0 Å². The van der Waals surface area contributed by atoms with Crippen LogP contribution in [0.3, 0.4) is 0 Å². The van der Waals surface area contributed by atoms with E-state index in [1.807, 2.05) is 0 Å². The van der Waals surface area contributed by atoms with Crippen molar-refractivity contribution >= 4 is 17.4 Å². The molecular weight excluding hydrogens is 429 g/mol. The van der Waals surface area contributed by atoms with Crippen molar-refractivity contribution in [3.05, 3.63) is 64.7 Å². The van der Waals surface area contributed by atoms with E-state index >= 15 is 0 Å². The van der Waals surface area contributed by atoms with Crippen LogP contribution in [0.4, 0.5) is 13.2 Å². The van der Waals surface area contributed by atoms with Gasteiger partial charge in [0.25, 0.3) is 0 Å². The van der Waals surface area contributed by atoms with Crippen LogP contribution in [-0.2, 0) is 21.1 Å². The number of hydrogen-bond donors (Lipinski definition) is 1. The molecule has 1 N–H and O–H groups in total. The van der Waals surface area contributed by atoms with Crippen molar-refractivity contribution in [1.82, 2.24) is 0 Å². The van der Waals surface area contributed by atoms with Gasteiger partial charge in [-0.25, -0.2) is 4.79 Å². The second kappa shape index (κ2) is 10.9. The first-order valence-electron chi connectivity index (χ1n) is 9.08. The number of carbonyl (C=O) groups is 1. The largest absolute Gasteiger partial charge is 0.573 e. The second-order valence-corrected chi connectivity index (χ2v) is 6.30. The summed E-state index contributed by atoms with van der Waals surface area (Å²) in [5.41, 5.74) is 2.16. The van der Waals surface area contributed by atoms with E-state index in [4.69, 9.17) is 4.84 Å². The number of carboxylic acid groups (broad SMARTS) is 1. The van der Waals surface area contributed by atoms with E-state index in [-0.39, 0.29) is 18.1 Å². The van der Waals surface area contributed by atoms with Crippen LogP contribution >= 0.6 is 0 Å². The minimum atomic E-state index is -4.76. The summed E-state index contributed by atoms with van der Waals surface area (Å²) < 4.78 is 40.4. The van der Waals surface area contributed by atoms with E-state index in [9.17, 15) is 23.1 Å². The molecule has 2 rings (SSSR count). The van der Waals surface area contributed by atoms with Crippen LogP contribution in [0, 0.1) is 18.8 Å². The van der Waals surface area contributed by atoms with E-state index in [0.717, 1.165) is 17.7 Å². The van der Waals surface area contributed by atoms with Gasteiger partial charge in [-0.15, -0.1) is 13.2 Å². The third kappa shape index (κ3) is 7.36. The Labute approximate surface area is 182 Å². The fourth-order valence-electron chi connectivity index (χ4n) is 2.53. The lowest BCUT2D eigenvalue weighted by atomic mass is 9.99. The molecular formula is C22H19F3N2O5. The second-order valence-electron chi connectivity index (χ2n) is 6.30. The maximum Gasteiger partial charge on any atom is 0.573 e. The molecule has 2 aromatic rings. The Bertz CT molecular complexity index is 1080. The van der Waals surface area contributed by atoms with Crippen LogP contribution < -0.4 is 4.74 Å². The monoisotopic (exact) mass is 448 g/mol. The fraction of sp³-hybridized carbons (Fsp3) is 0.227. The van der Waals surface area contributed by atoms with Gasteiger partial charge in [0, 0.05) is 16.7 Å². The number of rotatable bonds is 7. The number of alkyl halides is 3. The number of nitrogens with zero attached hydrogens (tertiary/aromatic N) is 2. The molecule has 168 valence electrons. The highest BCUT2D eigenvalue weighted by Crippen LogP contribution is 2.22. The molecule has 0 aliphatic rings. The smallest absolute Gasteiger partial charge is 0.476 e. The third-order valence-corrected chi connectivity index (χ3v) is 3.94. The summed E-state index contributed by atoms with van der Waals surface area (Å²) in [6.07, 6.45) is -4.76. The summed E-state index contributed by atoms with van der Waals surface area (Å²) >= 11 is 0. The first kappa shape index (κ1) is 24.3. The van der Waals surface area contributed by atoms with Gasteiger partial charge in [0.2, 0.25) is 0 Å². The zero-order chi connectivity index (χ0) is 23.7. The van der Waals surface area contributed by atoms with E-state index in [0.29, 0.717) is 22.4 Å². The quantitative estimate of drug-likeness (QED) is 0.388. The van der Waals surface area contributed by atoms with Crippen molar-refractivity contribution in [1.29, 1.82) is 0 Å². The molecule has 7 nitrogen and oxygen atoms in total. The standard InChI is InChI=1S/C22H19F3N2O5/c1-14-5-4-6-18(20(21(28)29)27-30-3)19(14)13-31-26-15(2)7-8-16-9-11-17(12-10-16)32-22(23,24)25/h4-6,9-12H,13H2,1-3H3,(H,28,29)/b26-15+,27-20+. The average molecular weight is 448 g/mol. The fourth-order valence-corrected chi connectivity index (χ4v) is 2.53. The number of carboxylic acids is 1. The Morgan fingerprint density at radius 1 is 1.12 bits per heavy atom. The summed E-state index contributed by atoms with van der Waals surface area (Å²) in [5.74, 6) is 3.86. The normalized spacial score (nSPS) is 11.9. The molecule has 0 aliphatic carbocycles. The van der Waals surface area contributed by atoms with E-state index in [1.165, 1.54) is 19.2 Å². The molecule has 2 aromatic carbocycles. The summed E-state index contributed by atoms with van der Waals surface area (Å²) in [6.45, 7) is 3.33. The predicted molar refractivity (Wildman–Crippen MR) is 110 cm³/mol. The lowest BCUT2D eigenvalue weighted by Crippen LogP contribution is -2.18. The van der Waals surface area contributed by atoms with Gasteiger partial charge in [-0.1, -0.05) is 34.4 Å². The van der Waals surface area contributed by atoms with Gasteiger partial charge in [0.15, 0.2) is 5.71 Å². The Morgan fingerprint density at radius 3 is 2.41 bits per heavy atom. The van der Waals surface area contributed by atoms with Crippen molar-refractivity contribution in [2.24, 2.45) is 10.3 Å². The van der Waals surface area contributed by atoms with Crippen LogP contribution in [0.1, 0.15) is 29.2 Å². The first-order chi connectivity index (χ1) is 15.1. The number of benzene rings is 2. The van der Waals surface area contributed by atoms with E-state index in [2.05, 4.69) is 31.7 Å². The number of aliphatic carboxylic acids is 1. The van der Waals surface area contributed by atoms with E-state index in [1.54, 1.807) is 32.0 Å². The number of oxime groups is 2. The lowest BCUT2D eigenvalue weighted by molar-refractivity contribution is -0.274. The number of hydrogen-bond acceptors (Lipinski definition) is 6. The molecule has 0 aliphatic heterocycles. The molecule has 0 aromatic heterocycles. The van der Waals surface area contributed by atoms with Crippen molar-refractivity contribution in [2.75, 3.05) is 7.11 Å². The molecule has 0 bridgehead atoms. The number of aryl methyl sites for hydroxylation is 1. The maximum absolute atomic E-state index is 12.2. The molecule has 0 radical (unpaired) electrons. The molecule has 10 heteroatoms. The minimum Gasteiger partial charge on any atom is -0.476 e. The Hall–Kier alpha value is -4.00. The zero-order valence-electron chi connectivity index (χ0n) is 17.4. The van der Waals surface area contributed by atoms with Gasteiger partial charge in [0.05, 0.1) is 0 Å². The van der Waals surface area contributed by atoms with Crippen molar-refractivity contribution < 1.29 is 37.5 Å². The average Bonchev–Trinajstić information content (AvgIpc) is 2.71. The highest BCUT2D eigenvalue weighted by atomic mass is 19.4. The molecule has 0 unspecified atom stereocenters. The molecule has 32 heavy (non-hydrogen) atoms. The summed E-state index contributed by atoms with van der Waals surface area (Å²) in [7, 11) is 1.25. The van der Waals surface area contributed by atoms with Gasteiger partial charge in [-0.05, 0) is 49.6 Å². The zero-order valence-corrected chi connectivity index (χ0v) is 17.4. The van der Waals surface area contributed by atoms with Crippen LogP contribution in [0.5, 0.6) is 5.75 Å². The molecule has 0 fully saturated rings. The van der Waals surface area contributed by atoms with Crippen LogP contribution in [-0.4, -0.2) is 36.0 Å². The van der Waals surface area contributed by atoms with Gasteiger partial charge in [-0.2, -0.15) is 0 Å². The molecule has 0 atom stereocenters. The van der Waals surface area contributed by atoms with Gasteiger partial charge in [0.1, 0.15) is 25.2 Å². The molecule has 0 saturated heterocycles. The topological polar surface area (TPSA) is 89.7 Å². The Balaban J connectivity index is 2.10. The van der Waals surface area contributed by atoms with Crippen molar-refractivity contribution in [2.45, 2.75) is 26.8 Å². The lowest BCUT2D eigenvalue weighted by Gasteiger charge is -2.11. The van der Waals surface area contributed by atoms with Gasteiger partial charge >= 0.3 is 12.3 Å². The van der Waals surface area contributed by atoms with Crippen LogP contribution in [0.2, 0.25) is 0 Å². The number of halogens is 3. The highest BCUT2D eigenvalue weighted by molar-refractivity contribution is 6.42. The highest BCUT2D eigenvalue weighted by Gasteiger charge is 2.30. The first-order valence-corrected chi connectivity index (χ1v) is 9.08. The molecule has 0 heterocycles. The summed E-state index contributed by atoms with van der Waals surface area (Å²) in [6, 6.07) is 10.1. The Kier molecular flexibility index (Phi) is 8.24. The summed E-state index contributed by atoms with van der Waals surface area (Å²) in [5, 5.41) is 16.8. The predicted octanol–water partition coefficient (Wildman–Crippen LogP) is 4.27. The molecule has 0 amide bonds. The van der Waals surface area contributed by atoms with Crippen LogP contribution in [0.15, 0.2) is 52.8 Å². The van der Waals surface area contributed by atoms with Gasteiger partial charge in [-0.3, -0.25) is 0 Å².